The summed E-state index contributed by atoms with van der Waals surface area (Å²) in [6.45, 7) is 0.332. The first-order valence-electron chi connectivity index (χ1n) is 5.49. The molecule has 4 nitrogen and oxygen atoms in total. The summed E-state index contributed by atoms with van der Waals surface area (Å²) in [5, 5.41) is 9.02. The second-order valence-corrected chi connectivity index (χ2v) is 3.69. The monoisotopic (exact) mass is 240 g/mol. The number of rotatable bonds is 4. The highest BCUT2D eigenvalue weighted by atomic mass is 16.4. The minimum absolute atomic E-state index is 0.288. The lowest BCUT2D eigenvalue weighted by Gasteiger charge is -2.01. The number of hydrogen-bond acceptors (Lipinski definition) is 3. The largest absolute Gasteiger partial charge is 0.478 e. The van der Waals surface area contributed by atoms with Crippen molar-refractivity contribution < 1.29 is 9.90 Å². The average Bonchev–Trinajstić information content (AvgIpc) is 2.40. The number of benzene rings is 1. The van der Waals surface area contributed by atoms with E-state index >= 15 is 0 Å². The number of hydrogen-bond donors (Lipinski definition) is 1. The van der Waals surface area contributed by atoms with Gasteiger partial charge in [-0.05, 0) is 23.8 Å². The second kappa shape index (κ2) is 5.72. The SMILES string of the molecule is O=C(O)c1ccccc1CN=Cc1ccccn1. The standard InChI is InChI=1S/C14H12N2O2/c17-14(18)13-7-2-1-5-11(13)9-15-10-12-6-3-4-8-16-12/h1-8,10H,9H2,(H,17,18). The van der Waals surface area contributed by atoms with Crippen molar-refractivity contribution in [3.63, 3.8) is 0 Å². The van der Waals surface area contributed by atoms with Crippen LogP contribution in [0.5, 0.6) is 0 Å². The number of aromatic carboxylic acids is 1. The molecule has 4 heteroatoms. The fraction of sp³-hybridized carbons (Fsp3) is 0.0714. The minimum Gasteiger partial charge on any atom is -0.478 e. The summed E-state index contributed by atoms with van der Waals surface area (Å²) in [4.78, 5) is 19.3. The van der Waals surface area contributed by atoms with Crippen molar-refractivity contribution in [2.24, 2.45) is 4.99 Å². The zero-order valence-corrected chi connectivity index (χ0v) is 9.65. The van der Waals surface area contributed by atoms with Crippen LogP contribution in [0, 0.1) is 0 Å². The molecule has 0 bridgehead atoms. The van der Waals surface area contributed by atoms with Crippen LogP contribution < -0.4 is 0 Å². The van der Waals surface area contributed by atoms with Crippen LogP contribution in [0.15, 0.2) is 53.7 Å². The van der Waals surface area contributed by atoms with Gasteiger partial charge in [0.05, 0.1) is 17.8 Å². The molecule has 2 rings (SSSR count). The van der Waals surface area contributed by atoms with Crippen molar-refractivity contribution >= 4 is 12.2 Å². The van der Waals surface area contributed by atoms with E-state index in [1.54, 1.807) is 36.7 Å². The molecule has 1 aromatic heterocycles. The van der Waals surface area contributed by atoms with Gasteiger partial charge in [-0.15, -0.1) is 0 Å². The molecular formula is C14H12N2O2. The summed E-state index contributed by atoms with van der Waals surface area (Å²) >= 11 is 0. The van der Waals surface area contributed by atoms with Crippen molar-refractivity contribution in [1.29, 1.82) is 0 Å². The van der Waals surface area contributed by atoms with E-state index in [9.17, 15) is 4.79 Å². The molecule has 0 aliphatic heterocycles. The van der Waals surface area contributed by atoms with E-state index in [0.29, 0.717) is 12.1 Å². The summed E-state index contributed by atoms with van der Waals surface area (Å²) in [7, 11) is 0. The maximum Gasteiger partial charge on any atom is 0.336 e. The Hall–Kier alpha value is -2.49. The molecule has 18 heavy (non-hydrogen) atoms. The molecule has 0 saturated heterocycles. The quantitative estimate of drug-likeness (QED) is 0.834. The Bertz CT molecular complexity index is 565. The Morgan fingerprint density at radius 1 is 1.22 bits per heavy atom. The topological polar surface area (TPSA) is 62.5 Å². The highest BCUT2D eigenvalue weighted by Gasteiger charge is 2.07. The maximum atomic E-state index is 11.0. The Morgan fingerprint density at radius 2 is 2.00 bits per heavy atom. The third-order valence-corrected chi connectivity index (χ3v) is 2.42. The van der Waals surface area contributed by atoms with E-state index in [4.69, 9.17) is 5.11 Å². The lowest BCUT2D eigenvalue weighted by Crippen LogP contribution is -2.01. The van der Waals surface area contributed by atoms with Gasteiger partial charge in [0.1, 0.15) is 0 Å². The number of aliphatic imine (C=N–C) groups is 1. The van der Waals surface area contributed by atoms with Crippen LogP contribution >= 0.6 is 0 Å². The van der Waals surface area contributed by atoms with Crippen molar-refractivity contribution in [3.05, 3.63) is 65.5 Å². The number of nitrogens with zero attached hydrogens (tertiary/aromatic N) is 2. The molecule has 0 amide bonds. The van der Waals surface area contributed by atoms with Crippen LogP contribution in [0.25, 0.3) is 0 Å². The molecule has 90 valence electrons. The van der Waals surface area contributed by atoms with Gasteiger partial charge >= 0.3 is 5.97 Å². The third-order valence-electron chi connectivity index (χ3n) is 2.42. The highest BCUT2D eigenvalue weighted by molar-refractivity contribution is 5.89. The molecule has 0 radical (unpaired) electrons. The Kier molecular flexibility index (Phi) is 3.81. The minimum atomic E-state index is -0.932. The van der Waals surface area contributed by atoms with Gasteiger partial charge in [0.15, 0.2) is 0 Å². The van der Waals surface area contributed by atoms with Crippen LogP contribution in [0.1, 0.15) is 21.6 Å². The van der Waals surface area contributed by atoms with E-state index in [0.717, 1.165) is 5.69 Å². The smallest absolute Gasteiger partial charge is 0.336 e. The molecule has 1 heterocycles. The Morgan fingerprint density at radius 3 is 2.72 bits per heavy atom. The van der Waals surface area contributed by atoms with Crippen LogP contribution in [0.4, 0.5) is 0 Å². The fourth-order valence-corrected chi connectivity index (χ4v) is 1.56. The highest BCUT2D eigenvalue weighted by Crippen LogP contribution is 2.09. The van der Waals surface area contributed by atoms with Crippen LogP contribution in [-0.2, 0) is 6.54 Å². The van der Waals surface area contributed by atoms with E-state index in [-0.39, 0.29) is 5.56 Å². The summed E-state index contributed by atoms with van der Waals surface area (Å²) in [6, 6.07) is 12.4. The van der Waals surface area contributed by atoms with Crippen molar-refractivity contribution in [1.82, 2.24) is 4.98 Å². The molecule has 0 fully saturated rings. The van der Waals surface area contributed by atoms with E-state index in [2.05, 4.69) is 9.98 Å². The average molecular weight is 240 g/mol. The van der Waals surface area contributed by atoms with Gasteiger partial charge in [-0.2, -0.15) is 0 Å². The van der Waals surface area contributed by atoms with E-state index < -0.39 is 5.97 Å². The Balaban J connectivity index is 2.11. The zero-order valence-electron chi connectivity index (χ0n) is 9.65. The Labute approximate surface area is 105 Å². The zero-order chi connectivity index (χ0) is 12.8. The normalized spacial score (nSPS) is 10.7. The molecule has 0 aliphatic carbocycles. The molecule has 0 aliphatic rings. The van der Waals surface area contributed by atoms with Gasteiger partial charge < -0.3 is 5.11 Å². The lowest BCUT2D eigenvalue weighted by atomic mass is 10.1. The maximum absolute atomic E-state index is 11.0. The molecule has 0 saturated carbocycles. The molecule has 0 unspecified atom stereocenters. The van der Waals surface area contributed by atoms with Gasteiger partial charge in [0.2, 0.25) is 0 Å². The molecule has 2 aromatic rings. The van der Waals surface area contributed by atoms with Gasteiger partial charge in [0.25, 0.3) is 0 Å². The first kappa shape index (κ1) is 12.0. The number of aromatic nitrogens is 1. The van der Waals surface area contributed by atoms with E-state index in [1.165, 1.54) is 0 Å². The van der Waals surface area contributed by atoms with Gasteiger partial charge in [0, 0.05) is 12.4 Å². The predicted molar refractivity (Wildman–Crippen MR) is 68.9 cm³/mol. The van der Waals surface area contributed by atoms with Crippen molar-refractivity contribution in [2.75, 3.05) is 0 Å². The van der Waals surface area contributed by atoms with Crippen LogP contribution in [0.3, 0.4) is 0 Å². The van der Waals surface area contributed by atoms with Gasteiger partial charge in [-0.3, -0.25) is 9.98 Å². The molecule has 0 spiro atoms. The number of carboxylic acid groups (broad SMARTS) is 1. The number of carboxylic acids is 1. The van der Waals surface area contributed by atoms with Crippen molar-refractivity contribution in [2.45, 2.75) is 6.54 Å². The summed E-state index contributed by atoms with van der Waals surface area (Å²) in [5.74, 6) is -0.932. The summed E-state index contributed by atoms with van der Waals surface area (Å²) in [5.41, 5.74) is 1.73. The van der Waals surface area contributed by atoms with Crippen LogP contribution in [-0.4, -0.2) is 22.3 Å². The first-order valence-corrected chi connectivity index (χ1v) is 5.49. The number of carbonyl (C=O) groups is 1. The van der Waals surface area contributed by atoms with E-state index in [1.807, 2.05) is 18.2 Å². The fourth-order valence-electron chi connectivity index (χ4n) is 1.56. The second-order valence-electron chi connectivity index (χ2n) is 3.69. The summed E-state index contributed by atoms with van der Waals surface area (Å²) < 4.78 is 0. The van der Waals surface area contributed by atoms with Gasteiger partial charge in [-0.1, -0.05) is 24.3 Å². The first-order chi connectivity index (χ1) is 8.77. The molecule has 1 aromatic carbocycles. The number of pyridine rings is 1. The summed E-state index contributed by atoms with van der Waals surface area (Å²) in [6.07, 6.45) is 3.32. The van der Waals surface area contributed by atoms with Crippen LogP contribution in [0.2, 0.25) is 0 Å². The lowest BCUT2D eigenvalue weighted by molar-refractivity contribution is 0.0695. The molecular weight excluding hydrogens is 228 g/mol. The van der Waals surface area contributed by atoms with Crippen molar-refractivity contribution in [3.8, 4) is 0 Å². The predicted octanol–water partition coefficient (Wildman–Crippen LogP) is 2.40. The molecule has 0 atom stereocenters. The van der Waals surface area contributed by atoms with Gasteiger partial charge in [-0.25, -0.2) is 4.79 Å². The molecule has 1 N–H and O–H groups in total. The third kappa shape index (κ3) is 3.01.